The van der Waals surface area contributed by atoms with E-state index in [9.17, 15) is 22.0 Å². The Hall–Kier alpha value is -1.17. The molecule has 6 heteroatoms. The van der Waals surface area contributed by atoms with Gasteiger partial charge in [-0.1, -0.05) is 6.92 Å². The predicted molar refractivity (Wildman–Crippen MR) is 88.8 cm³/mol. The van der Waals surface area contributed by atoms with Crippen LogP contribution in [0.5, 0.6) is 0 Å². The van der Waals surface area contributed by atoms with Crippen molar-refractivity contribution in [2.24, 2.45) is 11.8 Å². The molecule has 4 atom stereocenters. The molecule has 0 heterocycles. The lowest BCUT2D eigenvalue weighted by Crippen LogP contribution is -2.34. The summed E-state index contributed by atoms with van der Waals surface area (Å²) in [6, 6.07) is 1.76. The third-order valence-corrected chi connectivity index (χ3v) is 5.94. The molecule has 0 spiro atoms. The number of hydrogen-bond donors (Lipinski definition) is 0. The topological polar surface area (TPSA) is 9.23 Å². The highest BCUT2D eigenvalue weighted by Gasteiger charge is 2.40. The van der Waals surface area contributed by atoms with Gasteiger partial charge in [-0.3, -0.25) is 0 Å². The minimum Gasteiger partial charge on any atom is -0.378 e. The number of rotatable bonds is 4. The van der Waals surface area contributed by atoms with E-state index >= 15 is 0 Å². The summed E-state index contributed by atoms with van der Waals surface area (Å²) in [6.07, 6.45) is 1.79. The summed E-state index contributed by atoms with van der Waals surface area (Å²) in [5, 5.41) is 0. The second kappa shape index (κ2) is 7.83. The summed E-state index contributed by atoms with van der Waals surface area (Å²) in [5.74, 6) is -2.08. The zero-order valence-corrected chi connectivity index (χ0v) is 14.9. The Morgan fingerprint density at radius 3 is 2.19 bits per heavy atom. The van der Waals surface area contributed by atoms with Gasteiger partial charge in [0.1, 0.15) is 17.2 Å². The summed E-state index contributed by atoms with van der Waals surface area (Å²) in [7, 11) is 0. The fourth-order valence-electron chi connectivity index (χ4n) is 4.68. The molecule has 1 nitrogen and oxygen atoms in total. The van der Waals surface area contributed by atoms with Gasteiger partial charge in [0.05, 0.1) is 6.10 Å². The number of hydrogen-bond acceptors (Lipinski definition) is 1. The largest absolute Gasteiger partial charge is 0.422 e. The third kappa shape index (κ3) is 4.21. The Morgan fingerprint density at radius 1 is 0.962 bits per heavy atom. The first kappa shape index (κ1) is 19.6. The van der Waals surface area contributed by atoms with Crippen molar-refractivity contribution in [2.75, 3.05) is 6.61 Å². The van der Waals surface area contributed by atoms with E-state index in [1.807, 2.05) is 0 Å². The van der Waals surface area contributed by atoms with Crippen molar-refractivity contribution in [1.29, 1.82) is 0 Å². The molecule has 0 aromatic heterocycles. The fourth-order valence-corrected chi connectivity index (χ4v) is 4.68. The van der Waals surface area contributed by atoms with Crippen molar-refractivity contribution in [1.82, 2.24) is 0 Å². The normalized spacial score (nSPS) is 29.5. The first-order chi connectivity index (χ1) is 12.3. The van der Waals surface area contributed by atoms with E-state index in [1.54, 1.807) is 0 Å². The van der Waals surface area contributed by atoms with Crippen molar-refractivity contribution < 1.29 is 26.7 Å². The average molecular weight is 376 g/mol. The molecule has 3 rings (SSSR count). The molecule has 0 aliphatic heterocycles. The number of fused-ring (bicyclic) bond motifs is 1. The molecule has 2 aliphatic rings. The molecule has 26 heavy (non-hydrogen) atoms. The van der Waals surface area contributed by atoms with E-state index < -0.39 is 23.4 Å². The van der Waals surface area contributed by atoms with Crippen molar-refractivity contribution in [3.05, 3.63) is 34.9 Å². The van der Waals surface area contributed by atoms with Gasteiger partial charge in [-0.25, -0.2) is 8.78 Å². The fraction of sp³-hybridized carbons (Fsp3) is 0.700. The van der Waals surface area contributed by atoms with Gasteiger partial charge in [-0.05, 0) is 80.4 Å². The van der Waals surface area contributed by atoms with Crippen LogP contribution in [0.1, 0.15) is 68.9 Å². The Bertz CT molecular complexity index is 604. The monoisotopic (exact) mass is 376 g/mol. The molecule has 4 unspecified atom stereocenters. The van der Waals surface area contributed by atoms with Gasteiger partial charge in [-0.15, -0.1) is 0 Å². The highest BCUT2D eigenvalue weighted by molar-refractivity contribution is 5.31. The van der Waals surface area contributed by atoms with Crippen LogP contribution in [0.3, 0.4) is 0 Å². The van der Waals surface area contributed by atoms with Crippen molar-refractivity contribution in [3.63, 3.8) is 0 Å². The second-order valence-corrected chi connectivity index (χ2v) is 7.69. The lowest BCUT2D eigenvalue weighted by atomic mass is 9.65. The first-order valence-corrected chi connectivity index (χ1v) is 9.47. The first-order valence-electron chi connectivity index (χ1n) is 9.47. The van der Waals surface area contributed by atoms with Crippen LogP contribution in [0.25, 0.3) is 0 Å². The van der Waals surface area contributed by atoms with Crippen LogP contribution in [-0.4, -0.2) is 12.7 Å². The third-order valence-electron chi connectivity index (χ3n) is 5.94. The van der Waals surface area contributed by atoms with Crippen molar-refractivity contribution in [3.8, 4) is 0 Å². The molecular formula is C20H25F5O. The number of benzene rings is 1. The van der Waals surface area contributed by atoms with Crippen LogP contribution in [0, 0.1) is 23.5 Å². The summed E-state index contributed by atoms with van der Waals surface area (Å²) in [4.78, 5) is 0. The standard InChI is InChI=1S/C20H25F5O/c1-2-7-26-16-6-5-12-8-13(3-4-14(12)9-16)15-10-17(21)19(18(22)11-15)20(23,24)25/h10-14,16H,2-9H2,1H3. The molecule has 2 saturated carbocycles. The number of ether oxygens (including phenoxy) is 1. The molecule has 1 aromatic carbocycles. The van der Waals surface area contributed by atoms with E-state index in [0.717, 1.165) is 63.7 Å². The molecule has 0 N–H and O–H groups in total. The SMILES string of the molecule is CCCOC1CCC2CC(c3cc(F)c(C(F)(F)F)c(F)c3)CCC2C1. The van der Waals surface area contributed by atoms with Gasteiger partial charge in [-0.2, -0.15) is 13.2 Å². The van der Waals surface area contributed by atoms with Crippen LogP contribution in [0.15, 0.2) is 12.1 Å². The van der Waals surface area contributed by atoms with E-state index in [0.29, 0.717) is 23.5 Å². The van der Waals surface area contributed by atoms with Crippen molar-refractivity contribution >= 4 is 0 Å². The maximum absolute atomic E-state index is 13.9. The van der Waals surface area contributed by atoms with E-state index in [1.165, 1.54) is 0 Å². The molecule has 146 valence electrons. The molecule has 0 bridgehead atoms. The maximum Gasteiger partial charge on any atom is 0.422 e. The molecule has 1 aromatic rings. The molecule has 0 amide bonds. The van der Waals surface area contributed by atoms with Gasteiger partial charge >= 0.3 is 6.18 Å². The van der Waals surface area contributed by atoms with Gasteiger partial charge < -0.3 is 4.74 Å². The van der Waals surface area contributed by atoms with Crippen LogP contribution in [0.4, 0.5) is 22.0 Å². The Labute approximate surface area is 150 Å². The number of alkyl halides is 3. The van der Waals surface area contributed by atoms with Gasteiger partial charge in [0, 0.05) is 6.61 Å². The minimum absolute atomic E-state index is 0.0735. The zero-order valence-electron chi connectivity index (χ0n) is 14.9. The summed E-state index contributed by atoms with van der Waals surface area (Å²) in [5.41, 5.74) is -1.43. The average Bonchev–Trinajstić information content (AvgIpc) is 2.57. The van der Waals surface area contributed by atoms with E-state index in [-0.39, 0.29) is 5.92 Å². The smallest absolute Gasteiger partial charge is 0.378 e. The van der Waals surface area contributed by atoms with Crippen molar-refractivity contribution in [2.45, 2.75) is 70.1 Å². The Balaban J connectivity index is 1.68. The quantitative estimate of drug-likeness (QED) is 0.548. The summed E-state index contributed by atoms with van der Waals surface area (Å²) >= 11 is 0. The minimum atomic E-state index is -5.01. The molecule has 2 aliphatic carbocycles. The van der Waals surface area contributed by atoms with E-state index in [4.69, 9.17) is 4.74 Å². The van der Waals surface area contributed by atoms with Crippen LogP contribution < -0.4 is 0 Å². The zero-order chi connectivity index (χ0) is 18.9. The highest BCUT2D eigenvalue weighted by atomic mass is 19.4. The van der Waals surface area contributed by atoms with Gasteiger partial charge in [0.2, 0.25) is 0 Å². The van der Waals surface area contributed by atoms with Crippen LogP contribution in [0.2, 0.25) is 0 Å². The summed E-state index contributed by atoms with van der Waals surface area (Å²) in [6.45, 7) is 2.86. The predicted octanol–water partition coefficient (Wildman–Crippen LogP) is 6.46. The number of halogens is 5. The summed E-state index contributed by atoms with van der Waals surface area (Å²) < 4.78 is 71.9. The Kier molecular flexibility index (Phi) is 5.90. The lowest BCUT2D eigenvalue weighted by molar-refractivity contribution is -0.142. The van der Waals surface area contributed by atoms with Crippen LogP contribution in [-0.2, 0) is 10.9 Å². The highest BCUT2D eigenvalue weighted by Crippen LogP contribution is 2.47. The van der Waals surface area contributed by atoms with Gasteiger partial charge in [0.25, 0.3) is 0 Å². The second-order valence-electron chi connectivity index (χ2n) is 7.69. The molecule has 2 fully saturated rings. The molecule has 0 saturated heterocycles. The van der Waals surface area contributed by atoms with E-state index in [2.05, 4.69) is 6.92 Å². The maximum atomic E-state index is 13.9. The molecular weight excluding hydrogens is 351 g/mol. The van der Waals surface area contributed by atoms with Crippen LogP contribution >= 0.6 is 0 Å². The molecule has 0 radical (unpaired) electrons. The Morgan fingerprint density at radius 2 is 1.58 bits per heavy atom. The lowest BCUT2D eigenvalue weighted by Gasteiger charge is -2.42. The van der Waals surface area contributed by atoms with Gasteiger partial charge in [0.15, 0.2) is 0 Å².